The topological polar surface area (TPSA) is 17.0 Å². The molecular formula is C21H19FNO+. The van der Waals surface area contributed by atoms with Gasteiger partial charge in [0.2, 0.25) is 5.69 Å². The average molecular weight is 320 g/mol. The van der Waals surface area contributed by atoms with E-state index in [1.165, 1.54) is 0 Å². The molecule has 120 valence electrons. The summed E-state index contributed by atoms with van der Waals surface area (Å²) in [4.78, 5) is 0. The van der Waals surface area contributed by atoms with Crippen molar-refractivity contribution in [2.24, 2.45) is 7.05 Å². The van der Waals surface area contributed by atoms with E-state index in [0.29, 0.717) is 17.6 Å². The van der Waals surface area contributed by atoms with Gasteiger partial charge >= 0.3 is 0 Å². The van der Waals surface area contributed by atoms with Gasteiger partial charge in [0.05, 0.1) is 5.56 Å². The van der Waals surface area contributed by atoms with Gasteiger partial charge in [0.25, 0.3) is 0 Å². The third-order valence-electron chi connectivity index (χ3n) is 4.73. The number of fused-ring (bicyclic) bond motifs is 3. The molecule has 0 saturated carbocycles. The molecule has 0 radical (unpaired) electrons. The third-order valence-corrected chi connectivity index (χ3v) is 4.73. The number of halogens is 1. The van der Waals surface area contributed by atoms with Gasteiger partial charge < -0.3 is 4.42 Å². The van der Waals surface area contributed by atoms with Gasteiger partial charge in [-0.3, -0.25) is 0 Å². The number of benzene rings is 2. The fraction of sp³-hybridized carbons (Fsp3) is 0.190. The standard InChI is InChI=1S/C21H19FNO/c1-4-14-9-11-16-15-10-8-13(2)18(17-7-5-6-12-23(17)3)20(15)24-21(16)19(14)22/h5-12H,4H2,1-3H3/q+1. The predicted octanol–water partition coefficient (Wildman–Crippen LogP) is 5.09. The molecule has 2 heterocycles. The van der Waals surface area contributed by atoms with Crippen LogP contribution in [0.5, 0.6) is 0 Å². The van der Waals surface area contributed by atoms with Gasteiger partial charge in [0, 0.05) is 22.9 Å². The number of pyridine rings is 1. The minimum absolute atomic E-state index is 0.243. The first kappa shape index (κ1) is 14.9. The second kappa shape index (κ2) is 5.45. The lowest BCUT2D eigenvalue weighted by molar-refractivity contribution is -0.660. The Kier molecular flexibility index (Phi) is 3.38. The van der Waals surface area contributed by atoms with E-state index in [4.69, 9.17) is 4.42 Å². The zero-order chi connectivity index (χ0) is 16.8. The molecular weight excluding hydrogens is 301 g/mol. The fourth-order valence-electron chi connectivity index (χ4n) is 3.38. The Bertz CT molecular complexity index is 1080. The summed E-state index contributed by atoms with van der Waals surface area (Å²) < 4.78 is 22.8. The Morgan fingerprint density at radius 3 is 2.50 bits per heavy atom. The Hall–Kier alpha value is -2.68. The monoisotopic (exact) mass is 320 g/mol. The van der Waals surface area contributed by atoms with Crippen LogP contribution in [-0.4, -0.2) is 0 Å². The van der Waals surface area contributed by atoms with Crippen LogP contribution >= 0.6 is 0 Å². The first-order valence-corrected chi connectivity index (χ1v) is 8.20. The van der Waals surface area contributed by atoms with Crippen LogP contribution in [0, 0.1) is 12.7 Å². The van der Waals surface area contributed by atoms with Gasteiger partial charge in [-0.1, -0.05) is 25.1 Å². The number of hydrogen-bond acceptors (Lipinski definition) is 1. The van der Waals surface area contributed by atoms with Crippen molar-refractivity contribution >= 4 is 21.9 Å². The van der Waals surface area contributed by atoms with Crippen molar-refractivity contribution < 1.29 is 13.4 Å². The van der Waals surface area contributed by atoms with Gasteiger partial charge in [-0.15, -0.1) is 0 Å². The quantitative estimate of drug-likeness (QED) is 0.470. The van der Waals surface area contributed by atoms with Crippen LogP contribution in [0.25, 0.3) is 33.2 Å². The van der Waals surface area contributed by atoms with Crippen LogP contribution < -0.4 is 4.57 Å². The smallest absolute Gasteiger partial charge is 0.216 e. The van der Waals surface area contributed by atoms with Crippen LogP contribution in [0.3, 0.4) is 0 Å². The number of rotatable bonds is 2. The molecule has 2 aromatic carbocycles. The van der Waals surface area contributed by atoms with E-state index >= 15 is 0 Å². The summed E-state index contributed by atoms with van der Waals surface area (Å²) in [5.74, 6) is -0.243. The van der Waals surface area contributed by atoms with Gasteiger partial charge in [0.1, 0.15) is 12.6 Å². The number of aromatic nitrogens is 1. The second-order valence-electron chi connectivity index (χ2n) is 6.20. The van der Waals surface area contributed by atoms with Crippen LogP contribution in [0.4, 0.5) is 4.39 Å². The molecule has 0 bridgehead atoms. The Morgan fingerprint density at radius 1 is 1.00 bits per heavy atom. The second-order valence-corrected chi connectivity index (χ2v) is 6.20. The van der Waals surface area contributed by atoms with E-state index in [2.05, 4.69) is 23.6 Å². The Morgan fingerprint density at radius 2 is 1.75 bits per heavy atom. The normalized spacial score (nSPS) is 11.5. The van der Waals surface area contributed by atoms with E-state index < -0.39 is 0 Å². The summed E-state index contributed by atoms with van der Waals surface area (Å²) >= 11 is 0. The highest BCUT2D eigenvalue weighted by molar-refractivity contribution is 6.10. The van der Waals surface area contributed by atoms with Crippen LogP contribution in [0.1, 0.15) is 18.1 Å². The van der Waals surface area contributed by atoms with Crippen molar-refractivity contribution in [2.45, 2.75) is 20.3 Å². The fourth-order valence-corrected chi connectivity index (χ4v) is 3.38. The lowest BCUT2D eigenvalue weighted by Gasteiger charge is -2.04. The largest absolute Gasteiger partial charge is 0.452 e. The maximum atomic E-state index is 14.7. The summed E-state index contributed by atoms with van der Waals surface area (Å²) in [5.41, 5.74) is 4.97. The minimum Gasteiger partial charge on any atom is -0.452 e. The number of hydrogen-bond donors (Lipinski definition) is 0. The number of aryl methyl sites for hydroxylation is 3. The maximum absolute atomic E-state index is 14.7. The third kappa shape index (κ3) is 2.04. The summed E-state index contributed by atoms with van der Waals surface area (Å²) in [7, 11) is 2.01. The molecule has 0 saturated heterocycles. The van der Waals surface area contributed by atoms with E-state index in [-0.39, 0.29) is 5.82 Å². The molecule has 0 unspecified atom stereocenters. The summed E-state index contributed by atoms with van der Waals surface area (Å²) in [6.07, 6.45) is 2.66. The van der Waals surface area contributed by atoms with E-state index in [1.54, 1.807) is 0 Å². The molecule has 0 aliphatic carbocycles. The molecule has 0 fully saturated rings. The van der Waals surface area contributed by atoms with E-state index in [0.717, 1.165) is 33.2 Å². The summed E-state index contributed by atoms with van der Waals surface area (Å²) in [5, 5.41) is 1.79. The SMILES string of the molecule is CCc1ccc2c(oc3c(-c4cccc[n+]4C)c(C)ccc32)c1F. The molecule has 3 heteroatoms. The predicted molar refractivity (Wildman–Crippen MR) is 94.4 cm³/mol. The molecule has 0 N–H and O–H groups in total. The average Bonchev–Trinajstić information content (AvgIpc) is 2.96. The molecule has 2 nitrogen and oxygen atoms in total. The van der Waals surface area contributed by atoms with Gasteiger partial charge in [0.15, 0.2) is 17.6 Å². The maximum Gasteiger partial charge on any atom is 0.216 e. The molecule has 0 spiro atoms. The van der Waals surface area contributed by atoms with Crippen molar-refractivity contribution in [1.29, 1.82) is 0 Å². The van der Waals surface area contributed by atoms with Crippen molar-refractivity contribution in [3.63, 3.8) is 0 Å². The highest BCUT2D eigenvalue weighted by atomic mass is 19.1. The van der Waals surface area contributed by atoms with Gasteiger partial charge in [-0.2, -0.15) is 0 Å². The number of furan rings is 1. The minimum atomic E-state index is -0.243. The van der Waals surface area contributed by atoms with Crippen molar-refractivity contribution in [2.75, 3.05) is 0 Å². The summed E-state index contributed by atoms with van der Waals surface area (Å²) in [6.45, 7) is 4.01. The van der Waals surface area contributed by atoms with Gasteiger partial charge in [-0.25, -0.2) is 8.96 Å². The van der Waals surface area contributed by atoms with E-state index in [1.807, 2.05) is 50.5 Å². The molecule has 0 aliphatic rings. The van der Waals surface area contributed by atoms with Crippen LogP contribution in [-0.2, 0) is 13.5 Å². The number of nitrogens with zero attached hydrogens (tertiary/aromatic N) is 1. The lowest BCUT2D eigenvalue weighted by Crippen LogP contribution is -2.30. The van der Waals surface area contributed by atoms with Crippen LogP contribution in [0.15, 0.2) is 53.1 Å². The molecule has 0 atom stereocenters. The van der Waals surface area contributed by atoms with Gasteiger partial charge in [-0.05, 0) is 36.6 Å². The lowest BCUT2D eigenvalue weighted by atomic mass is 10.00. The highest BCUT2D eigenvalue weighted by Crippen LogP contribution is 2.38. The molecule has 4 rings (SSSR count). The molecule has 24 heavy (non-hydrogen) atoms. The van der Waals surface area contributed by atoms with Crippen molar-refractivity contribution in [3.8, 4) is 11.3 Å². The highest BCUT2D eigenvalue weighted by Gasteiger charge is 2.21. The van der Waals surface area contributed by atoms with Crippen molar-refractivity contribution in [3.05, 3.63) is 65.6 Å². The molecule has 0 amide bonds. The Labute approximate surface area is 140 Å². The first-order chi connectivity index (χ1) is 11.6. The summed E-state index contributed by atoms with van der Waals surface area (Å²) in [6, 6.07) is 14.0. The molecule has 4 aromatic rings. The Balaban J connectivity index is 2.15. The first-order valence-electron chi connectivity index (χ1n) is 8.20. The van der Waals surface area contributed by atoms with Crippen molar-refractivity contribution in [1.82, 2.24) is 0 Å². The molecule has 2 aromatic heterocycles. The van der Waals surface area contributed by atoms with E-state index in [9.17, 15) is 4.39 Å². The van der Waals surface area contributed by atoms with Crippen LogP contribution in [0.2, 0.25) is 0 Å². The zero-order valence-corrected chi connectivity index (χ0v) is 14.1. The molecule has 0 aliphatic heterocycles. The zero-order valence-electron chi connectivity index (χ0n) is 14.1.